The topological polar surface area (TPSA) is 26.0 Å². The third-order valence-corrected chi connectivity index (χ3v) is 3.48. The van der Waals surface area contributed by atoms with E-state index >= 15 is 0 Å². The van der Waals surface area contributed by atoms with Crippen LogP contribution < -0.4 is 0 Å². The minimum atomic E-state index is -0.192. The highest BCUT2D eigenvalue weighted by Crippen LogP contribution is 2.29. The summed E-state index contributed by atoms with van der Waals surface area (Å²) in [5.74, 6) is 0.797. The lowest BCUT2D eigenvalue weighted by Gasteiger charge is -2.05. The van der Waals surface area contributed by atoms with E-state index in [1.165, 1.54) is 0 Å². The minimum absolute atomic E-state index is 0.192. The molecule has 3 aromatic rings. The summed E-state index contributed by atoms with van der Waals surface area (Å²) in [7, 11) is 0. The lowest BCUT2D eigenvalue weighted by atomic mass is 10.1. The van der Waals surface area contributed by atoms with Crippen LogP contribution in [0.2, 0.25) is 0 Å². The summed E-state index contributed by atoms with van der Waals surface area (Å²) in [6, 6.07) is 14.0. The van der Waals surface area contributed by atoms with E-state index in [2.05, 4.69) is 4.98 Å². The standard InChI is InChI=1S/C16H14ClNO/c1-11-6-7-13(18-10-11)9-14(17)16-8-12-4-2-3-5-15(12)19-16/h2-8,10,14H,9H2,1H3. The molecule has 0 N–H and O–H groups in total. The first-order chi connectivity index (χ1) is 9.22. The van der Waals surface area contributed by atoms with Crippen molar-refractivity contribution >= 4 is 22.6 Å². The summed E-state index contributed by atoms with van der Waals surface area (Å²) in [6.45, 7) is 2.02. The highest BCUT2D eigenvalue weighted by atomic mass is 35.5. The Labute approximate surface area is 117 Å². The molecule has 0 fully saturated rings. The number of hydrogen-bond acceptors (Lipinski definition) is 2. The first kappa shape index (κ1) is 12.2. The van der Waals surface area contributed by atoms with Crippen molar-refractivity contribution in [2.24, 2.45) is 0 Å². The predicted molar refractivity (Wildman–Crippen MR) is 77.5 cm³/mol. The first-order valence-electron chi connectivity index (χ1n) is 6.26. The summed E-state index contributed by atoms with van der Waals surface area (Å²) >= 11 is 6.42. The molecule has 19 heavy (non-hydrogen) atoms. The maximum Gasteiger partial charge on any atom is 0.134 e. The second kappa shape index (κ2) is 5.06. The molecule has 1 aromatic carbocycles. The summed E-state index contributed by atoms with van der Waals surface area (Å²) in [4.78, 5) is 4.37. The van der Waals surface area contributed by atoms with E-state index < -0.39 is 0 Å². The van der Waals surface area contributed by atoms with Crippen LogP contribution in [0.3, 0.4) is 0 Å². The maximum absolute atomic E-state index is 6.42. The molecule has 0 aliphatic heterocycles. The SMILES string of the molecule is Cc1ccc(CC(Cl)c2cc3ccccc3o2)nc1. The fourth-order valence-corrected chi connectivity index (χ4v) is 2.33. The fraction of sp³-hybridized carbons (Fsp3) is 0.188. The van der Waals surface area contributed by atoms with Gasteiger partial charge in [-0.25, -0.2) is 0 Å². The Hall–Kier alpha value is -1.80. The minimum Gasteiger partial charge on any atom is -0.459 e. The molecule has 2 heterocycles. The van der Waals surface area contributed by atoms with E-state index in [0.717, 1.165) is 28.0 Å². The van der Waals surface area contributed by atoms with Gasteiger partial charge in [-0.3, -0.25) is 4.98 Å². The van der Waals surface area contributed by atoms with Crippen LogP contribution in [0, 0.1) is 6.92 Å². The number of rotatable bonds is 3. The molecule has 2 nitrogen and oxygen atoms in total. The second-order valence-electron chi connectivity index (χ2n) is 4.69. The largest absolute Gasteiger partial charge is 0.459 e. The van der Waals surface area contributed by atoms with E-state index in [1.54, 1.807) is 0 Å². The van der Waals surface area contributed by atoms with Crippen LogP contribution in [0.15, 0.2) is 53.1 Å². The number of nitrogens with zero attached hydrogens (tertiary/aromatic N) is 1. The van der Waals surface area contributed by atoms with Crippen LogP contribution in [0.5, 0.6) is 0 Å². The molecule has 3 rings (SSSR count). The number of aryl methyl sites for hydroxylation is 1. The number of aromatic nitrogens is 1. The number of fused-ring (bicyclic) bond motifs is 1. The van der Waals surface area contributed by atoms with Gasteiger partial charge in [-0.2, -0.15) is 0 Å². The monoisotopic (exact) mass is 271 g/mol. The van der Waals surface area contributed by atoms with Gasteiger partial charge in [0.1, 0.15) is 11.3 Å². The number of benzene rings is 1. The zero-order chi connectivity index (χ0) is 13.2. The van der Waals surface area contributed by atoms with Gasteiger partial charge in [0.25, 0.3) is 0 Å². The highest BCUT2D eigenvalue weighted by Gasteiger charge is 2.14. The first-order valence-corrected chi connectivity index (χ1v) is 6.70. The maximum atomic E-state index is 6.42. The fourth-order valence-electron chi connectivity index (χ4n) is 2.06. The Kier molecular flexibility index (Phi) is 3.26. The van der Waals surface area contributed by atoms with Crippen LogP contribution in [0.1, 0.15) is 22.4 Å². The Balaban J connectivity index is 1.83. The van der Waals surface area contributed by atoms with E-state index in [4.69, 9.17) is 16.0 Å². The third-order valence-electron chi connectivity index (χ3n) is 3.11. The molecular weight excluding hydrogens is 258 g/mol. The lowest BCUT2D eigenvalue weighted by molar-refractivity contribution is 0.538. The number of pyridine rings is 1. The van der Waals surface area contributed by atoms with Gasteiger partial charge in [0, 0.05) is 23.7 Å². The number of hydrogen-bond donors (Lipinski definition) is 0. The quantitative estimate of drug-likeness (QED) is 0.648. The molecule has 0 saturated carbocycles. The number of para-hydroxylation sites is 1. The van der Waals surface area contributed by atoms with Crippen molar-refractivity contribution in [3.05, 3.63) is 65.7 Å². The molecule has 0 aliphatic carbocycles. The molecule has 1 atom stereocenters. The van der Waals surface area contributed by atoms with Crippen LogP contribution in [-0.4, -0.2) is 4.98 Å². The van der Waals surface area contributed by atoms with Crippen molar-refractivity contribution in [1.82, 2.24) is 4.98 Å². The van der Waals surface area contributed by atoms with E-state index in [0.29, 0.717) is 6.42 Å². The van der Waals surface area contributed by atoms with Gasteiger partial charge >= 0.3 is 0 Å². The van der Waals surface area contributed by atoms with Gasteiger partial charge in [-0.15, -0.1) is 11.6 Å². The summed E-state index contributed by atoms with van der Waals surface area (Å²) in [6.07, 6.45) is 2.53. The molecule has 2 aromatic heterocycles. The van der Waals surface area contributed by atoms with Crippen LogP contribution in [0.25, 0.3) is 11.0 Å². The Morgan fingerprint density at radius 1 is 1.21 bits per heavy atom. The van der Waals surface area contributed by atoms with E-state index in [1.807, 2.05) is 55.6 Å². The zero-order valence-electron chi connectivity index (χ0n) is 10.6. The van der Waals surface area contributed by atoms with Crippen molar-refractivity contribution < 1.29 is 4.42 Å². The molecule has 3 heteroatoms. The van der Waals surface area contributed by atoms with Gasteiger partial charge in [-0.1, -0.05) is 24.3 Å². The van der Waals surface area contributed by atoms with Crippen molar-refractivity contribution in [3.8, 4) is 0 Å². The highest BCUT2D eigenvalue weighted by molar-refractivity contribution is 6.20. The predicted octanol–water partition coefficient (Wildman–Crippen LogP) is 4.66. The molecule has 0 spiro atoms. The normalized spacial score (nSPS) is 12.7. The van der Waals surface area contributed by atoms with E-state index in [-0.39, 0.29) is 5.38 Å². The molecule has 0 amide bonds. The Morgan fingerprint density at radius 3 is 2.79 bits per heavy atom. The van der Waals surface area contributed by atoms with Crippen molar-refractivity contribution in [2.45, 2.75) is 18.7 Å². The van der Waals surface area contributed by atoms with Gasteiger partial charge in [0.2, 0.25) is 0 Å². The van der Waals surface area contributed by atoms with Gasteiger partial charge in [0.15, 0.2) is 0 Å². The molecular formula is C16H14ClNO. The molecule has 0 bridgehead atoms. The molecule has 96 valence electrons. The number of alkyl halides is 1. The summed E-state index contributed by atoms with van der Waals surface area (Å²) in [5, 5.41) is 0.891. The van der Waals surface area contributed by atoms with Gasteiger partial charge < -0.3 is 4.42 Å². The number of halogens is 1. The van der Waals surface area contributed by atoms with Crippen LogP contribution >= 0.6 is 11.6 Å². The van der Waals surface area contributed by atoms with Crippen LogP contribution in [-0.2, 0) is 6.42 Å². The molecule has 0 aliphatic rings. The molecule has 0 radical (unpaired) electrons. The van der Waals surface area contributed by atoms with Gasteiger partial charge in [-0.05, 0) is 30.7 Å². The lowest BCUT2D eigenvalue weighted by Crippen LogP contribution is -1.97. The van der Waals surface area contributed by atoms with Crippen molar-refractivity contribution in [2.75, 3.05) is 0 Å². The number of furan rings is 1. The Bertz CT molecular complexity index is 654. The molecule has 0 saturated heterocycles. The third kappa shape index (κ3) is 2.64. The molecule has 1 unspecified atom stereocenters. The summed E-state index contributed by atoms with van der Waals surface area (Å²) in [5.41, 5.74) is 3.00. The smallest absolute Gasteiger partial charge is 0.134 e. The van der Waals surface area contributed by atoms with Gasteiger partial charge in [0.05, 0.1) is 5.38 Å². The zero-order valence-corrected chi connectivity index (χ0v) is 11.4. The average Bonchev–Trinajstić information content (AvgIpc) is 2.85. The Morgan fingerprint density at radius 2 is 2.05 bits per heavy atom. The second-order valence-corrected chi connectivity index (χ2v) is 5.21. The van der Waals surface area contributed by atoms with Crippen LogP contribution in [0.4, 0.5) is 0 Å². The van der Waals surface area contributed by atoms with Crippen molar-refractivity contribution in [3.63, 3.8) is 0 Å². The summed E-state index contributed by atoms with van der Waals surface area (Å²) < 4.78 is 5.77. The van der Waals surface area contributed by atoms with E-state index in [9.17, 15) is 0 Å². The average molecular weight is 272 g/mol. The van der Waals surface area contributed by atoms with Crippen molar-refractivity contribution in [1.29, 1.82) is 0 Å².